The van der Waals surface area contributed by atoms with Gasteiger partial charge in [0.1, 0.15) is 11.9 Å². The Bertz CT molecular complexity index is 6440. The highest BCUT2D eigenvalue weighted by atomic mass is 127. The Hall–Kier alpha value is 2.85. The van der Waals surface area contributed by atoms with Gasteiger partial charge in [0.2, 0.25) is 29.0 Å². The van der Waals surface area contributed by atoms with Gasteiger partial charge in [0.15, 0.2) is 40.8 Å². The fourth-order valence-corrected chi connectivity index (χ4v) is 33.7. The molecule has 1 N–H and O–H groups in total. The van der Waals surface area contributed by atoms with Gasteiger partial charge in [0.05, 0.1) is 96.8 Å². The zero-order valence-electron chi connectivity index (χ0n) is 67.0. The summed E-state index contributed by atoms with van der Waals surface area (Å²) in [5.74, 6) is -38.5. The van der Waals surface area contributed by atoms with Crippen LogP contribution < -0.4 is 50.0 Å². The summed E-state index contributed by atoms with van der Waals surface area (Å²) in [6.45, 7) is 3.69. The molecule has 0 heterocycles. The molecule has 0 aliphatic heterocycles. The second-order valence-electron chi connectivity index (χ2n) is 25.5. The van der Waals surface area contributed by atoms with Crippen LogP contribution in [0, 0.1) is 138 Å². The predicted molar refractivity (Wildman–Crippen MR) is 669 cm³/mol. The van der Waals surface area contributed by atoms with Gasteiger partial charge in [-0.2, -0.15) is 13.2 Å². The number of halogens is 32. The summed E-state index contributed by atoms with van der Waals surface area (Å²) in [6.07, 6.45) is 5.77. The molecule has 0 aromatic heterocycles. The molecule has 1 aliphatic rings. The number of methoxy groups -OCH3 is 1. The first-order chi connectivity index (χ1) is 64.4. The van der Waals surface area contributed by atoms with Gasteiger partial charge < -0.3 is 103 Å². The number of hydrogen-bond acceptors (Lipinski definition) is 27. The van der Waals surface area contributed by atoms with Crippen molar-refractivity contribution in [2.45, 2.75) is 64.9 Å². The van der Waals surface area contributed by atoms with Gasteiger partial charge in [0, 0.05) is 100.0 Å². The van der Waals surface area contributed by atoms with Crippen LogP contribution in [-0.4, -0.2) is 103 Å². The molecule has 1 aliphatic carbocycles. The lowest BCUT2D eigenvalue weighted by Crippen LogP contribution is -2.35. The minimum Gasteiger partial charge on any atom is -0.550 e. The van der Waals surface area contributed by atoms with Gasteiger partial charge in [-0.1, -0.05) is 13.3 Å². The minimum atomic E-state index is -2.45. The average molecular weight is 4630 g/mol. The Morgan fingerprint density at radius 1 is 0.338 bits per heavy atom. The largest absolute Gasteiger partial charge is 0.550 e. The summed E-state index contributed by atoms with van der Waals surface area (Å²) < 4.78 is 155. The number of rotatable bonds is 19. The lowest BCUT2D eigenvalue weighted by atomic mass is 9.97. The quantitative estimate of drug-likeness (QED) is 0.0115. The number of benzene rings is 9. The lowest BCUT2D eigenvalue weighted by molar-refractivity contribution is -0.311. The van der Waals surface area contributed by atoms with Crippen molar-refractivity contribution in [2.75, 3.05) is 13.7 Å². The van der Waals surface area contributed by atoms with Gasteiger partial charge in [-0.05, 0) is 636 Å². The number of carboxylic acids is 7. The number of aliphatic carboxylic acids is 2. The fraction of sp³-hybridized carbons (Fsp3) is 0.163. The van der Waals surface area contributed by atoms with Crippen LogP contribution in [-0.2, 0) is 35.0 Å². The monoisotopic (exact) mass is 4620 g/mol. The normalized spacial score (nSPS) is 11.5. The van der Waals surface area contributed by atoms with E-state index in [9.17, 15) is 138 Å². The Morgan fingerprint density at radius 2 is 0.662 bits per heavy atom. The molecule has 748 valence electrons. The fourth-order valence-electron chi connectivity index (χ4n) is 10.4. The molecular formula is C80H35F8I24O27-7. The van der Waals surface area contributed by atoms with Crippen LogP contribution in [0.25, 0.3) is 0 Å². The number of phenolic OH excluding ortho intramolecular Hbond substituents is 1. The SMILES string of the molecule is CCC(Cc1c(I)cc(I)c(O)c1I)C(=O)[O-].CCOC(=O)c1c(I)c(I)c(I)c(I)c1C(=O)[O-].COC(=O)c1c(I)c(I)c(I)c(I)c1C(=O)[O-].O=C(Oc1c(F)c(F)c(C(=O)[O-])c(F)c1F)c1cc(I)cc(I)c1I.O=C(Oc1c(F)c(F)c(F)c(C(=O)[O-])c1F)c1cc(I)cc(I)c1I.O=C([O-])C(=O)Oc1c(I)cc(I)cc1I.O=C([O-])c1c(I)c(I)c(I)c(I)c1C(=O)OC1CCCCC1. The van der Waals surface area contributed by atoms with Crippen LogP contribution in [0.3, 0.4) is 0 Å². The molecule has 9 aromatic rings. The van der Waals surface area contributed by atoms with E-state index in [2.05, 4.69) is 222 Å². The summed E-state index contributed by atoms with van der Waals surface area (Å²) in [6, 6.07) is 11.5. The van der Waals surface area contributed by atoms with Crippen LogP contribution in [0.4, 0.5) is 35.1 Å². The number of carbonyl (C=O) groups is 13. The molecule has 59 heteroatoms. The zero-order chi connectivity index (χ0) is 107. The maximum Gasteiger partial charge on any atom is 0.359 e. The molecule has 0 amide bonds. The van der Waals surface area contributed by atoms with Gasteiger partial charge >= 0.3 is 35.8 Å². The molecule has 0 bridgehead atoms. The van der Waals surface area contributed by atoms with E-state index in [1.54, 1.807) is 76.4 Å². The van der Waals surface area contributed by atoms with Crippen molar-refractivity contribution in [3.8, 4) is 23.0 Å². The molecule has 1 fully saturated rings. The van der Waals surface area contributed by atoms with Crippen molar-refractivity contribution in [3.05, 3.63) is 236 Å². The molecule has 0 spiro atoms. The number of ether oxygens (including phenoxy) is 6. The molecule has 1 unspecified atom stereocenters. The third-order valence-electron chi connectivity index (χ3n) is 16.8. The van der Waals surface area contributed by atoms with Crippen molar-refractivity contribution >= 4 is 620 Å². The smallest absolute Gasteiger partial charge is 0.359 e. The van der Waals surface area contributed by atoms with E-state index in [0.29, 0.717) is 62.8 Å². The van der Waals surface area contributed by atoms with Crippen molar-refractivity contribution < 1.29 is 167 Å². The van der Waals surface area contributed by atoms with Crippen LogP contribution >= 0.6 is 542 Å². The number of aromatic carboxylic acids is 5. The van der Waals surface area contributed by atoms with Crippen molar-refractivity contribution in [1.29, 1.82) is 0 Å². The van der Waals surface area contributed by atoms with E-state index in [1.807, 2.05) is 307 Å². The highest BCUT2D eigenvalue weighted by Crippen LogP contribution is 2.42. The van der Waals surface area contributed by atoms with E-state index >= 15 is 0 Å². The predicted octanol–water partition coefficient (Wildman–Crippen LogP) is 19.8. The average Bonchev–Trinajstić information content (AvgIpc) is 0.783. The number of phenols is 1. The van der Waals surface area contributed by atoms with Gasteiger partial charge in [-0.15, -0.1) is 0 Å². The summed E-state index contributed by atoms with van der Waals surface area (Å²) in [5, 5.41) is 86.2. The van der Waals surface area contributed by atoms with Crippen LogP contribution in [0.1, 0.15) is 162 Å². The standard InChI is InChI=1S/2C14H3F4I3O4.C14H12I4O4.C11H11I3O3.C10H6I4O4.C9H4I4O4.C8H3I3O4/c15-7-6(13(22)23)8(16)12(10(18)9(7)17)25-14(24)4-1-3(19)2-5(20)11(4)21;15-7-6(13(22)23)8(16)10(18)12(9(7)17)25-14(24)4-1-3(19)2-5(20)11(4)21;15-9-7(13(19)20)8(10(16)12(18)11(9)17)14(21)22-6-4-2-1-3-5-6;1-2-5(11(16)17)3-6-7(12)4-8(13)10(15)9(6)14;1-2-18-10(17)4-3(9(15)16)5(11)7(13)8(14)6(4)12;1-17-9(16)3-2(8(14)15)4(10)6(12)7(13)5(3)11;9-3-1-4(10)6(5(11)2-3)15-8(14)7(12)13/h2*1-2H,(H,22,23);6H,1-5H2,(H,19,20);4-5,15H,2-3H2,1H3,(H,16,17);2H2,1H3,(H,15,16);1H3,(H,14,15);1-2H,(H,12,13)/p-7. The number of aromatic hydroxyl groups is 1. The first-order valence-corrected chi connectivity index (χ1v) is 61.5. The Balaban J connectivity index is 0.000000341. The summed E-state index contributed by atoms with van der Waals surface area (Å²) in [5.41, 5.74) is -3.07. The van der Waals surface area contributed by atoms with E-state index in [-0.39, 0.29) is 68.7 Å². The van der Waals surface area contributed by atoms with Gasteiger partial charge in [-0.3, -0.25) is 0 Å². The van der Waals surface area contributed by atoms with Crippen LogP contribution in [0.5, 0.6) is 23.0 Å². The molecule has 0 radical (unpaired) electrons. The molecule has 9 aromatic carbocycles. The zero-order valence-corrected chi connectivity index (χ0v) is 119. The third kappa shape index (κ3) is 36.2. The second-order valence-corrected chi connectivity index (χ2v) is 52.4. The van der Waals surface area contributed by atoms with E-state index in [1.165, 1.54) is 19.2 Å². The van der Waals surface area contributed by atoms with E-state index in [4.69, 9.17) is 9.47 Å². The minimum absolute atomic E-state index is 0.0577. The Labute approximate surface area is 1110 Å². The van der Waals surface area contributed by atoms with Crippen molar-refractivity contribution in [1.82, 2.24) is 0 Å². The van der Waals surface area contributed by atoms with Crippen molar-refractivity contribution in [3.63, 3.8) is 0 Å². The third-order valence-corrected chi connectivity index (χ3v) is 51.6. The number of hydrogen-bond donors (Lipinski definition) is 1. The Morgan fingerprint density at radius 3 is 1.01 bits per heavy atom. The van der Waals surface area contributed by atoms with Crippen molar-refractivity contribution in [2.24, 2.45) is 5.92 Å². The second kappa shape index (κ2) is 62.6. The van der Waals surface area contributed by atoms with E-state index in [0.717, 1.165) is 73.4 Å². The maximum atomic E-state index is 14.0. The highest BCUT2D eigenvalue weighted by Gasteiger charge is 2.35. The number of esters is 6. The topological polar surface area (TPSA) is 459 Å². The maximum absolute atomic E-state index is 14.0. The van der Waals surface area contributed by atoms with Gasteiger partial charge in [-0.25, -0.2) is 50.7 Å². The number of carbonyl (C=O) groups excluding carboxylic acids is 13. The summed E-state index contributed by atoms with van der Waals surface area (Å²) >= 11 is 47.6. The van der Waals surface area contributed by atoms with Crippen LogP contribution in [0.2, 0.25) is 0 Å². The lowest BCUT2D eigenvalue weighted by Gasteiger charge is -2.24. The van der Waals surface area contributed by atoms with Gasteiger partial charge in [0.25, 0.3) is 0 Å². The summed E-state index contributed by atoms with van der Waals surface area (Å²) in [4.78, 5) is 148. The molecule has 10 rings (SSSR count). The molecule has 27 nitrogen and oxygen atoms in total. The molecule has 139 heavy (non-hydrogen) atoms. The molecule has 1 atom stereocenters. The highest BCUT2D eigenvalue weighted by molar-refractivity contribution is 14.1. The summed E-state index contributed by atoms with van der Waals surface area (Å²) in [7, 11) is 1.22. The molecular weight excluding hydrogens is 4590 g/mol. The Kier molecular flexibility index (Phi) is 60.4. The van der Waals surface area contributed by atoms with Crippen LogP contribution in [0.15, 0.2) is 42.5 Å². The number of carboxylic acid groups (broad SMARTS) is 7. The first kappa shape index (κ1) is 134. The first-order valence-electron chi connectivity index (χ1n) is 35.6. The molecule has 1 saturated carbocycles. The van der Waals surface area contributed by atoms with E-state index < -0.39 is 153 Å². The molecule has 0 saturated heterocycles.